The predicted octanol–water partition coefficient (Wildman–Crippen LogP) is -1.58. The topological polar surface area (TPSA) is 111 Å². The number of rotatable bonds is 6. The fourth-order valence-electron chi connectivity index (χ4n) is 5.34. The number of anilines is 1. The SMILES string of the molecule is [B]C(O)(c1ccc(F)c(CNc2cccc3c2CN(C2([B])C(=O)NC(=O)C([B])([B])C2([B])[B])C3=O)c1)N1CCOCC1. The molecule has 2 aromatic rings. The van der Waals surface area contributed by atoms with E-state index in [1.165, 1.54) is 24.3 Å². The lowest BCUT2D eigenvalue weighted by atomic mass is 9.21. The molecule has 3 aliphatic rings. The van der Waals surface area contributed by atoms with Gasteiger partial charge in [0.15, 0.2) is 0 Å². The fraction of sp³-hybridized carbons (Fsp3) is 0.400. The van der Waals surface area contributed by atoms with E-state index in [-0.39, 0.29) is 29.8 Å². The molecular formula is C25H21B6FN4O5. The highest BCUT2D eigenvalue weighted by atomic mass is 19.1. The summed E-state index contributed by atoms with van der Waals surface area (Å²) in [4.78, 5) is 41.2. The number of imide groups is 1. The minimum absolute atomic E-state index is 0.0569. The van der Waals surface area contributed by atoms with Gasteiger partial charge in [0.05, 0.1) is 55.7 Å². The molecule has 0 bridgehead atoms. The first kappa shape index (κ1) is 29.5. The summed E-state index contributed by atoms with van der Waals surface area (Å²) in [6.45, 7) is 1.28. The van der Waals surface area contributed by atoms with Crippen molar-refractivity contribution < 1.29 is 28.6 Å². The van der Waals surface area contributed by atoms with Crippen molar-refractivity contribution in [1.29, 1.82) is 0 Å². The Morgan fingerprint density at radius 1 is 1.05 bits per heavy atom. The van der Waals surface area contributed by atoms with Crippen LogP contribution in [0.5, 0.6) is 0 Å². The van der Waals surface area contributed by atoms with E-state index in [0.717, 1.165) is 4.90 Å². The Kier molecular flexibility index (Phi) is 7.28. The Morgan fingerprint density at radius 2 is 1.73 bits per heavy atom. The van der Waals surface area contributed by atoms with Crippen molar-refractivity contribution in [3.8, 4) is 0 Å². The van der Waals surface area contributed by atoms with E-state index in [2.05, 4.69) is 5.32 Å². The van der Waals surface area contributed by atoms with Crippen molar-refractivity contribution in [1.82, 2.24) is 15.1 Å². The second kappa shape index (κ2) is 10.1. The highest BCUT2D eigenvalue weighted by molar-refractivity contribution is 6.66. The van der Waals surface area contributed by atoms with Crippen molar-refractivity contribution in [2.45, 2.75) is 34.6 Å². The zero-order valence-electron chi connectivity index (χ0n) is 22.0. The molecule has 0 aliphatic carbocycles. The third-order valence-electron chi connectivity index (χ3n) is 8.09. The Bertz CT molecular complexity index is 1440. The van der Waals surface area contributed by atoms with Crippen molar-refractivity contribution in [2.75, 3.05) is 31.6 Å². The van der Waals surface area contributed by atoms with Gasteiger partial charge in [0.25, 0.3) is 5.91 Å². The van der Waals surface area contributed by atoms with Gasteiger partial charge in [0, 0.05) is 48.6 Å². The number of hydrogen-bond acceptors (Lipinski definition) is 7. The zero-order chi connectivity index (χ0) is 30.0. The number of fused-ring (bicyclic) bond motifs is 1. The quantitative estimate of drug-likeness (QED) is 0.299. The summed E-state index contributed by atoms with van der Waals surface area (Å²) in [5, 5.41) is 11.0. The van der Waals surface area contributed by atoms with Gasteiger partial charge in [-0.1, -0.05) is 17.3 Å². The van der Waals surface area contributed by atoms with Crippen LogP contribution in [0, 0.1) is 5.82 Å². The lowest BCUT2D eigenvalue weighted by Crippen LogP contribution is -2.75. The number of nitrogens with zero attached hydrogens (tertiary/aromatic N) is 2. The summed E-state index contributed by atoms with van der Waals surface area (Å²) in [5.74, 6) is -3.56. The van der Waals surface area contributed by atoms with Crippen LogP contribution in [0.3, 0.4) is 0 Å². The van der Waals surface area contributed by atoms with Gasteiger partial charge in [0.2, 0.25) is 11.8 Å². The molecule has 3 aliphatic heterocycles. The van der Waals surface area contributed by atoms with Crippen LogP contribution in [0.15, 0.2) is 36.4 Å². The smallest absolute Gasteiger partial charge is 0.254 e. The number of carbonyl (C=O) groups excluding carboxylic acids is 3. The number of piperidine rings is 1. The minimum atomic E-state index is -2.56. The number of ether oxygens (including phenoxy) is 1. The Labute approximate surface area is 244 Å². The number of carbonyl (C=O) groups is 3. The molecular weight excluding hydrogens is 520 g/mol. The van der Waals surface area contributed by atoms with Gasteiger partial charge in [-0.15, -0.1) is 0 Å². The first-order chi connectivity index (χ1) is 19.1. The first-order valence-electron chi connectivity index (χ1n) is 12.7. The molecule has 0 aromatic heterocycles. The number of amides is 3. The molecule has 3 heterocycles. The van der Waals surface area contributed by atoms with Crippen LogP contribution in [0.1, 0.15) is 27.0 Å². The van der Waals surface area contributed by atoms with Crippen molar-refractivity contribution in [2.24, 2.45) is 0 Å². The van der Waals surface area contributed by atoms with E-state index in [1.54, 1.807) is 17.0 Å². The summed E-state index contributed by atoms with van der Waals surface area (Å²) in [5.41, 5.74) is -2.89. The number of aliphatic hydroxyl groups is 1. The summed E-state index contributed by atoms with van der Waals surface area (Å²) in [7, 11) is 36.5. The summed E-state index contributed by atoms with van der Waals surface area (Å²) in [6, 6.07) is 8.80. The lowest BCUT2D eigenvalue weighted by Gasteiger charge is -2.60. The minimum Gasteiger partial charge on any atom is -0.381 e. The second-order valence-corrected chi connectivity index (χ2v) is 10.5. The number of nitrogens with one attached hydrogen (secondary N) is 2. The maximum absolute atomic E-state index is 14.8. The first-order valence-corrected chi connectivity index (χ1v) is 12.7. The zero-order valence-corrected chi connectivity index (χ0v) is 22.0. The highest BCUT2D eigenvalue weighted by Gasteiger charge is 2.63. The van der Waals surface area contributed by atoms with Gasteiger partial charge in [-0.05, 0) is 35.0 Å². The van der Waals surface area contributed by atoms with Gasteiger partial charge in [-0.2, -0.15) is 0 Å². The number of halogens is 1. The van der Waals surface area contributed by atoms with Crippen molar-refractivity contribution in [3.05, 3.63) is 64.5 Å². The summed E-state index contributed by atoms with van der Waals surface area (Å²) >= 11 is 0. The predicted molar refractivity (Wildman–Crippen MR) is 152 cm³/mol. The summed E-state index contributed by atoms with van der Waals surface area (Å²) in [6.07, 6.45) is 0. The number of benzene rings is 2. The molecule has 41 heavy (non-hydrogen) atoms. The average Bonchev–Trinajstić information content (AvgIpc) is 3.28. The van der Waals surface area contributed by atoms with Crippen molar-refractivity contribution in [3.63, 3.8) is 0 Å². The molecule has 0 spiro atoms. The van der Waals surface area contributed by atoms with Gasteiger partial charge >= 0.3 is 0 Å². The van der Waals surface area contributed by atoms with Crippen LogP contribution in [0.25, 0.3) is 0 Å². The molecule has 2 atom stereocenters. The maximum atomic E-state index is 14.8. The van der Waals surface area contributed by atoms with E-state index in [4.69, 9.17) is 51.8 Å². The van der Waals surface area contributed by atoms with Crippen LogP contribution < -0.4 is 10.6 Å². The van der Waals surface area contributed by atoms with E-state index >= 15 is 0 Å². The van der Waals surface area contributed by atoms with Gasteiger partial charge < -0.3 is 20.1 Å². The van der Waals surface area contributed by atoms with E-state index in [0.29, 0.717) is 37.6 Å². The van der Waals surface area contributed by atoms with Crippen LogP contribution in [0.4, 0.5) is 10.1 Å². The molecule has 2 unspecified atom stereocenters. The average molecular weight is 541 g/mol. The monoisotopic (exact) mass is 542 g/mol. The van der Waals surface area contributed by atoms with Gasteiger partial charge in [-0.3, -0.25) is 24.6 Å². The molecule has 5 rings (SSSR count). The fourth-order valence-corrected chi connectivity index (χ4v) is 5.34. The molecule has 3 N–H and O–H groups in total. The standard InChI is InChI=1S/C25H21B6FN4O5/c26-22(27)20(38)34-21(39)23(28,25(22,30)31)36-12-16-15(19(36)37)2-1-3-18(16)33-11-13-10-14(4-5-17(13)32)24(29,40)35-6-8-41-9-7-35/h1-5,10,33,40H,6-9,11-12H2,(H,34,38,39). The van der Waals surface area contributed by atoms with Gasteiger partial charge in [0.1, 0.15) is 21.5 Å². The molecule has 3 amide bonds. The third-order valence-corrected chi connectivity index (χ3v) is 8.09. The Morgan fingerprint density at radius 3 is 2.41 bits per heavy atom. The van der Waals surface area contributed by atoms with Crippen LogP contribution in [-0.2, 0) is 33.0 Å². The molecule has 9 nitrogen and oxygen atoms in total. The molecule has 2 saturated heterocycles. The Hall–Kier alpha value is -2.95. The molecule has 0 saturated carbocycles. The van der Waals surface area contributed by atoms with Crippen molar-refractivity contribution >= 4 is 70.5 Å². The highest BCUT2D eigenvalue weighted by Crippen LogP contribution is 2.55. The lowest BCUT2D eigenvalue weighted by molar-refractivity contribution is -0.140. The normalized spacial score (nSPS) is 25.3. The molecule has 16 heteroatoms. The van der Waals surface area contributed by atoms with Crippen LogP contribution in [-0.4, -0.2) is 111 Å². The van der Waals surface area contributed by atoms with Crippen LogP contribution >= 0.6 is 0 Å². The third kappa shape index (κ3) is 4.46. The number of morpholine rings is 1. The largest absolute Gasteiger partial charge is 0.381 e. The molecule has 196 valence electrons. The molecule has 2 aromatic carbocycles. The van der Waals surface area contributed by atoms with Crippen LogP contribution in [0.2, 0.25) is 10.4 Å². The molecule has 2 fully saturated rings. The summed E-state index contributed by atoms with van der Waals surface area (Å²) < 4.78 is 20.1. The van der Waals surface area contributed by atoms with E-state index in [9.17, 15) is 23.9 Å². The van der Waals surface area contributed by atoms with E-state index in [1.807, 2.05) is 5.32 Å². The number of hydrogen-bond donors (Lipinski definition) is 3. The van der Waals surface area contributed by atoms with E-state index < -0.39 is 45.0 Å². The second-order valence-electron chi connectivity index (χ2n) is 10.5. The Balaban J connectivity index is 1.41. The molecule has 12 radical (unpaired) electrons. The maximum Gasteiger partial charge on any atom is 0.254 e. The van der Waals surface area contributed by atoms with Gasteiger partial charge in [-0.25, -0.2) is 4.39 Å².